The quantitative estimate of drug-likeness (QED) is 0.904. The summed E-state index contributed by atoms with van der Waals surface area (Å²) >= 11 is 0. The van der Waals surface area contributed by atoms with Crippen LogP contribution in [0.4, 0.5) is 14.9 Å². The lowest BCUT2D eigenvalue weighted by Gasteiger charge is -2.30. The number of ether oxygens (including phenoxy) is 1. The van der Waals surface area contributed by atoms with Crippen molar-refractivity contribution in [3.63, 3.8) is 0 Å². The van der Waals surface area contributed by atoms with E-state index in [2.05, 4.69) is 0 Å². The number of carbonyl (C=O) groups excluding carboxylic acids is 1. The lowest BCUT2D eigenvalue weighted by atomic mass is 9.89. The van der Waals surface area contributed by atoms with Gasteiger partial charge >= 0.3 is 6.03 Å². The number of methoxy groups -OCH3 is 1. The second-order valence-electron chi connectivity index (χ2n) is 5.82. The van der Waals surface area contributed by atoms with Crippen LogP contribution in [0.25, 0.3) is 0 Å². The molecular formula is C18H19FN2O3. The van der Waals surface area contributed by atoms with E-state index in [0.717, 1.165) is 11.3 Å². The Hall–Kier alpha value is -2.60. The van der Waals surface area contributed by atoms with Gasteiger partial charge in [-0.1, -0.05) is 18.2 Å². The average Bonchev–Trinajstić information content (AvgIpc) is 2.94. The zero-order chi connectivity index (χ0) is 17.3. The zero-order valence-electron chi connectivity index (χ0n) is 13.3. The number of para-hydroxylation sites is 1. The topological polar surface area (TPSA) is 75.8 Å². The van der Waals surface area contributed by atoms with E-state index in [9.17, 15) is 14.3 Å². The first-order valence-corrected chi connectivity index (χ1v) is 7.67. The molecule has 1 aliphatic heterocycles. The van der Waals surface area contributed by atoms with Crippen LogP contribution in [0.3, 0.4) is 0 Å². The number of halogens is 1. The van der Waals surface area contributed by atoms with Gasteiger partial charge in [0, 0.05) is 17.7 Å². The molecule has 0 aromatic heterocycles. The van der Waals surface area contributed by atoms with Gasteiger partial charge < -0.3 is 15.6 Å². The number of aliphatic hydroxyl groups excluding tert-OH is 1. The molecule has 1 heterocycles. The highest BCUT2D eigenvalue weighted by Crippen LogP contribution is 2.39. The third kappa shape index (κ3) is 2.80. The second kappa shape index (κ2) is 6.49. The van der Waals surface area contributed by atoms with E-state index in [-0.39, 0.29) is 12.6 Å². The van der Waals surface area contributed by atoms with Crippen LogP contribution < -0.4 is 15.4 Å². The van der Waals surface area contributed by atoms with Crippen LogP contribution in [0.5, 0.6) is 5.75 Å². The Balaban J connectivity index is 2.02. The van der Waals surface area contributed by atoms with Crippen molar-refractivity contribution in [1.29, 1.82) is 0 Å². The lowest BCUT2D eigenvalue weighted by molar-refractivity contribution is 0.235. The molecule has 0 saturated heterocycles. The molecule has 0 fully saturated rings. The van der Waals surface area contributed by atoms with Gasteiger partial charge in [-0.25, -0.2) is 9.18 Å². The van der Waals surface area contributed by atoms with Crippen LogP contribution in [0.1, 0.15) is 17.0 Å². The number of hydrogen-bond donors (Lipinski definition) is 2. The number of benzene rings is 2. The normalized spacial score (nSPS) is 17.5. The van der Waals surface area contributed by atoms with Crippen LogP contribution >= 0.6 is 0 Å². The van der Waals surface area contributed by atoms with Crippen LogP contribution in [0, 0.1) is 5.82 Å². The Morgan fingerprint density at radius 3 is 2.83 bits per heavy atom. The Labute approximate surface area is 139 Å². The fourth-order valence-electron chi connectivity index (χ4n) is 3.38. The minimum atomic E-state index is -0.591. The number of anilines is 1. The number of rotatable bonds is 4. The summed E-state index contributed by atoms with van der Waals surface area (Å²) in [7, 11) is 1.45. The molecule has 1 aliphatic rings. The van der Waals surface area contributed by atoms with Gasteiger partial charge in [-0.2, -0.15) is 0 Å². The van der Waals surface area contributed by atoms with Gasteiger partial charge in [0.05, 0.1) is 19.8 Å². The molecule has 0 aliphatic carbocycles. The molecule has 2 aromatic rings. The summed E-state index contributed by atoms with van der Waals surface area (Å²) in [4.78, 5) is 13.5. The number of amides is 2. The number of fused-ring (bicyclic) bond motifs is 1. The molecule has 2 amide bonds. The number of urea groups is 1. The maximum absolute atomic E-state index is 13.9. The van der Waals surface area contributed by atoms with Gasteiger partial charge in [0.25, 0.3) is 0 Å². The molecule has 5 nitrogen and oxygen atoms in total. The third-order valence-corrected chi connectivity index (χ3v) is 4.47. The van der Waals surface area contributed by atoms with Gasteiger partial charge in [0.1, 0.15) is 11.6 Å². The molecule has 0 spiro atoms. The minimum absolute atomic E-state index is 0.241. The zero-order valence-corrected chi connectivity index (χ0v) is 13.3. The highest BCUT2D eigenvalue weighted by atomic mass is 19.1. The molecule has 3 N–H and O–H groups in total. The van der Waals surface area contributed by atoms with E-state index in [1.165, 1.54) is 24.1 Å². The van der Waals surface area contributed by atoms with Crippen molar-refractivity contribution < 1.29 is 19.0 Å². The number of hydrogen-bond acceptors (Lipinski definition) is 3. The molecule has 24 heavy (non-hydrogen) atoms. The molecule has 2 aromatic carbocycles. The van der Waals surface area contributed by atoms with Crippen molar-refractivity contribution in [2.75, 3.05) is 18.6 Å². The highest BCUT2D eigenvalue weighted by Gasteiger charge is 2.38. The predicted molar refractivity (Wildman–Crippen MR) is 88.8 cm³/mol. The summed E-state index contributed by atoms with van der Waals surface area (Å²) in [6, 6.07) is 10.8. The molecule has 126 valence electrons. The van der Waals surface area contributed by atoms with Crippen LogP contribution in [-0.4, -0.2) is 30.9 Å². The van der Waals surface area contributed by atoms with Gasteiger partial charge in [0.15, 0.2) is 0 Å². The van der Waals surface area contributed by atoms with Crippen molar-refractivity contribution in [1.82, 2.24) is 0 Å². The Morgan fingerprint density at radius 2 is 2.17 bits per heavy atom. The van der Waals surface area contributed by atoms with E-state index in [1.807, 2.05) is 24.3 Å². The Kier molecular flexibility index (Phi) is 4.40. The number of aliphatic hydroxyl groups is 1. The first-order chi connectivity index (χ1) is 11.5. The first kappa shape index (κ1) is 16.3. The molecular weight excluding hydrogens is 311 g/mol. The van der Waals surface area contributed by atoms with E-state index >= 15 is 0 Å². The SMILES string of the molecule is COc1cc(F)cc(C(CO)C2Cc3ccccc3N2C(N)=O)c1. The number of carbonyl (C=O) groups is 1. The van der Waals surface area contributed by atoms with Crippen molar-refractivity contribution in [3.05, 3.63) is 59.4 Å². The van der Waals surface area contributed by atoms with Crippen molar-refractivity contribution in [3.8, 4) is 5.75 Å². The maximum Gasteiger partial charge on any atom is 0.319 e. The molecule has 0 saturated carbocycles. The van der Waals surface area contributed by atoms with Crippen molar-refractivity contribution >= 4 is 11.7 Å². The number of nitrogens with zero attached hydrogens (tertiary/aromatic N) is 1. The van der Waals surface area contributed by atoms with Gasteiger partial charge in [-0.3, -0.25) is 4.90 Å². The molecule has 2 atom stereocenters. The largest absolute Gasteiger partial charge is 0.497 e. The fourth-order valence-corrected chi connectivity index (χ4v) is 3.38. The fraction of sp³-hybridized carbons (Fsp3) is 0.278. The second-order valence-corrected chi connectivity index (χ2v) is 5.82. The maximum atomic E-state index is 13.9. The molecule has 0 bridgehead atoms. The van der Waals surface area contributed by atoms with E-state index < -0.39 is 17.8 Å². The summed E-state index contributed by atoms with van der Waals surface area (Å²) in [6.07, 6.45) is 0.545. The number of nitrogens with two attached hydrogens (primary N) is 1. The predicted octanol–water partition coefficient (Wildman–Crippen LogP) is 2.42. The van der Waals surface area contributed by atoms with Crippen molar-refractivity contribution in [2.24, 2.45) is 5.73 Å². The van der Waals surface area contributed by atoms with E-state index in [0.29, 0.717) is 17.7 Å². The van der Waals surface area contributed by atoms with Gasteiger partial charge in [-0.05, 0) is 35.7 Å². The minimum Gasteiger partial charge on any atom is -0.497 e. The smallest absolute Gasteiger partial charge is 0.319 e. The monoisotopic (exact) mass is 330 g/mol. The van der Waals surface area contributed by atoms with Gasteiger partial charge in [-0.15, -0.1) is 0 Å². The molecule has 0 radical (unpaired) electrons. The average molecular weight is 330 g/mol. The van der Waals surface area contributed by atoms with Crippen LogP contribution in [0.15, 0.2) is 42.5 Å². The summed E-state index contributed by atoms with van der Waals surface area (Å²) in [5.41, 5.74) is 7.84. The molecule has 3 rings (SSSR count). The Morgan fingerprint density at radius 1 is 1.42 bits per heavy atom. The van der Waals surface area contributed by atoms with Crippen LogP contribution in [0.2, 0.25) is 0 Å². The first-order valence-electron chi connectivity index (χ1n) is 7.67. The summed E-state index contributed by atoms with van der Waals surface area (Å²) in [5.74, 6) is -0.567. The van der Waals surface area contributed by atoms with E-state index in [1.54, 1.807) is 6.07 Å². The molecule has 6 heteroatoms. The standard InChI is InChI=1S/C18H19FN2O3/c1-24-14-7-12(6-13(19)9-14)15(10-22)17-8-11-4-2-3-5-16(11)21(17)18(20)23/h2-7,9,15,17,22H,8,10H2,1H3,(H2,20,23). The Bertz CT molecular complexity index is 766. The summed E-state index contributed by atoms with van der Waals surface area (Å²) in [5, 5.41) is 9.93. The van der Waals surface area contributed by atoms with Crippen molar-refractivity contribution in [2.45, 2.75) is 18.4 Å². The van der Waals surface area contributed by atoms with Crippen LogP contribution in [-0.2, 0) is 6.42 Å². The highest BCUT2D eigenvalue weighted by molar-refractivity contribution is 5.94. The molecule has 2 unspecified atom stereocenters. The third-order valence-electron chi connectivity index (χ3n) is 4.47. The summed E-state index contributed by atoms with van der Waals surface area (Å²) < 4.78 is 19.0. The van der Waals surface area contributed by atoms with E-state index in [4.69, 9.17) is 10.5 Å². The lowest BCUT2D eigenvalue weighted by Crippen LogP contribution is -2.45. The summed E-state index contributed by atoms with van der Waals surface area (Å²) in [6.45, 7) is -0.241. The van der Waals surface area contributed by atoms with Gasteiger partial charge in [0.2, 0.25) is 0 Å². The number of primary amides is 1.